The van der Waals surface area contributed by atoms with Crippen molar-refractivity contribution in [3.8, 4) is 18.1 Å². The molecule has 0 aliphatic heterocycles. The van der Waals surface area contributed by atoms with Crippen LogP contribution in [0.4, 0.5) is 5.69 Å². The summed E-state index contributed by atoms with van der Waals surface area (Å²) in [6.07, 6.45) is 4.74. The molecular formula is C17H16BrNO2. The van der Waals surface area contributed by atoms with Crippen molar-refractivity contribution in [2.24, 2.45) is 0 Å². The van der Waals surface area contributed by atoms with E-state index in [-0.39, 0.29) is 6.61 Å². The molecule has 2 aromatic carbocycles. The average molecular weight is 346 g/mol. The molecule has 0 fully saturated rings. The minimum atomic E-state index is -0.613. The Bertz CT molecular complexity index is 637. The number of hydrogen-bond donors (Lipinski definition) is 2. The molecule has 2 N–H and O–H groups in total. The smallest absolute Gasteiger partial charge is 0.120 e. The van der Waals surface area contributed by atoms with Gasteiger partial charge in [-0.15, -0.1) is 6.42 Å². The fraction of sp³-hybridized carbons (Fsp3) is 0.176. The van der Waals surface area contributed by atoms with E-state index in [2.05, 4.69) is 27.2 Å². The summed E-state index contributed by atoms with van der Waals surface area (Å²) in [6.45, 7) is 0.611. The van der Waals surface area contributed by atoms with Crippen molar-refractivity contribution in [2.45, 2.75) is 6.10 Å². The number of aliphatic hydroxyl groups is 1. The summed E-state index contributed by atoms with van der Waals surface area (Å²) in [7, 11) is 0. The lowest BCUT2D eigenvalue weighted by molar-refractivity contribution is 0.117. The van der Waals surface area contributed by atoms with E-state index in [0.717, 1.165) is 21.5 Å². The lowest BCUT2D eigenvalue weighted by Crippen LogP contribution is -2.26. The summed E-state index contributed by atoms with van der Waals surface area (Å²) in [5.74, 6) is 3.30. The molecule has 0 aliphatic rings. The standard InChI is InChI=1S/C17H16BrNO2/c1-2-13-5-3-7-15(9-13)19-11-16(20)12-21-17-8-4-6-14(18)10-17/h1,3-10,16,19-20H,11-12H2. The molecule has 1 atom stereocenters. The van der Waals surface area contributed by atoms with E-state index in [1.165, 1.54) is 0 Å². The maximum atomic E-state index is 9.93. The molecule has 1 unspecified atom stereocenters. The molecule has 0 saturated carbocycles. The van der Waals surface area contributed by atoms with Crippen molar-refractivity contribution in [3.05, 3.63) is 58.6 Å². The molecule has 0 aliphatic carbocycles. The van der Waals surface area contributed by atoms with Gasteiger partial charge in [0, 0.05) is 22.3 Å². The quantitative estimate of drug-likeness (QED) is 0.789. The minimum Gasteiger partial charge on any atom is -0.491 e. The lowest BCUT2D eigenvalue weighted by atomic mass is 10.2. The van der Waals surface area contributed by atoms with Gasteiger partial charge in [0.05, 0.1) is 0 Å². The Kier molecular flexibility index (Phi) is 5.68. The van der Waals surface area contributed by atoms with Gasteiger partial charge in [-0.25, -0.2) is 0 Å². The monoisotopic (exact) mass is 345 g/mol. The van der Waals surface area contributed by atoms with Gasteiger partial charge in [-0.1, -0.05) is 34.0 Å². The number of aliphatic hydroxyl groups excluding tert-OH is 1. The topological polar surface area (TPSA) is 41.5 Å². The summed E-state index contributed by atoms with van der Waals surface area (Å²) in [5, 5.41) is 13.1. The Morgan fingerprint density at radius 2 is 2.05 bits per heavy atom. The zero-order chi connectivity index (χ0) is 15.1. The Labute approximate surface area is 133 Å². The number of ether oxygens (including phenoxy) is 1. The number of halogens is 1. The van der Waals surface area contributed by atoms with Gasteiger partial charge in [0.2, 0.25) is 0 Å². The fourth-order valence-corrected chi connectivity index (χ4v) is 2.14. The third kappa shape index (κ3) is 5.14. The minimum absolute atomic E-state index is 0.221. The first-order chi connectivity index (χ1) is 10.2. The van der Waals surface area contributed by atoms with Gasteiger partial charge in [0.15, 0.2) is 0 Å². The SMILES string of the molecule is C#Cc1cccc(NCC(O)COc2cccc(Br)c2)c1. The Morgan fingerprint density at radius 1 is 1.24 bits per heavy atom. The van der Waals surface area contributed by atoms with Gasteiger partial charge in [-0.3, -0.25) is 0 Å². The molecule has 2 aromatic rings. The first kappa shape index (κ1) is 15.4. The fourth-order valence-electron chi connectivity index (χ4n) is 1.76. The lowest BCUT2D eigenvalue weighted by Gasteiger charge is -2.14. The maximum Gasteiger partial charge on any atom is 0.120 e. The first-order valence-corrected chi connectivity index (χ1v) is 7.33. The van der Waals surface area contributed by atoms with Gasteiger partial charge in [0.25, 0.3) is 0 Å². The summed E-state index contributed by atoms with van der Waals surface area (Å²) in [4.78, 5) is 0. The third-order valence-electron chi connectivity index (χ3n) is 2.81. The molecule has 0 amide bonds. The molecule has 0 saturated heterocycles. The Morgan fingerprint density at radius 3 is 2.81 bits per heavy atom. The number of rotatable bonds is 6. The molecule has 0 aromatic heterocycles. The Balaban J connectivity index is 1.79. The van der Waals surface area contributed by atoms with E-state index < -0.39 is 6.10 Å². The van der Waals surface area contributed by atoms with Gasteiger partial charge in [0.1, 0.15) is 18.5 Å². The molecule has 2 rings (SSSR count). The zero-order valence-electron chi connectivity index (χ0n) is 11.4. The van der Waals surface area contributed by atoms with Crippen LogP contribution in [-0.2, 0) is 0 Å². The molecule has 0 spiro atoms. The number of terminal acetylenes is 1. The molecule has 0 bridgehead atoms. The molecule has 108 valence electrons. The molecule has 4 heteroatoms. The van der Waals surface area contributed by atoms with E-state index >= 15 is 0 Å². The predicted molar refractivity (Wildman–Crippen MR) is 88.5 cm³/mol. The van der Waals surface area contributed by atoms with Crippen molar-refractivity contribution in [1.29, 1.82) is 0 Å². The summed E-state index contributed by atoms with van der Waals surface area (Å²) < 4.78 is 6.47. The van der Waals surface area contributed by atoms with Crippen LogP contribution in [0.25, 0.3) is 0 Å². The van der Waals surface area contributed by atoms with Crippen molar-refractivity contribution < 1.29 is 9.84 Å². The van der Waals surface area contributed by atoms with Crippen LogP contribution in [0.15, 0.2) is 53.0 Å². The van der Waals surface area contributed by atoms with Crippen LogP contribution in [0.3, 0.4) is 0 Å². The van der Waals surface area contributed by atoms with Crippen LogP contribution < -0.4 is 10.1 Å². The van der Waals surface area contributed by atoms with Crippen molar-refractivity contribution in [1.82, 2.24) is 0 Å². The van der Waals surface area contributed by atoms with E-state index in [9.17, 15) is 5.11 Å². The Hall–Kier alpha value is -1.96. The number of benzene rings is 2. The van der Waals surface area contributed by atoms with Crippen LogP contribution in [0, 0.1) is 12.3 Å². The average Bonchev–Trinajstić information content (AvgIpc) is 2.51. The number of hydrogen-bond acceptors (Lipinski definition) is 3. The normalized spacial score (nSPS) is 11.5. The van der Waals surface area contributed by atoms with Crippen molar-refractivity contribution in [3.63, 3.8) is 0 Å². The van der Waals surface area contributed by atoms with E-state index in [1.54, 1.807) is 0 Å². The van der Waals surface area contributed by atoms with Gasteiger partial charge in [-0.2, -0.15) is 0 Å². The highest BCUT2D eigenvalue weighted by Crippen LogP contribution is 2.18. The second-order valence-electron chi connectivity index (χ2n) is 4.53. The van der Waals surface area contributed by atoms with E-state index in [1.807, 2.05) is 48.5 Å². The second-order valence-corrected chi connectivity index (χ2v) is 5.44. The first-order valence-electron chi connectivity index (χ1n) is 6.54. The number of nitrogens with one attached hydrogen (secondary N) is 1. The molecule has 21 heavy (non-hydrogen) atoms. The van der Waals surface area contributed by atoms with Gasteiger partial charge in [-0.05, 0) is 36.4 Å². The molecular weight excluding hydrogens is 330 g/mol. The van der Waals surface area contributed by atoms with Crippen LogP contribution in [0.5, 0.6) is 5.75 Å². The zero-order valence-corrected chi connectivity index (χ0v) is 13.0. The van der Waals surface area contributed by atoms with Crippen molar-refractivity contribution >= 4 is 21.6 Å². The third-order valence-corrected chi connectivity index (χ3v) is 3.30. The van der Waals surface area contributed by atoms with Crippen LogP contribution in [0.1, 0.15) is 5.56 Å². The predicted octanol–water partition coefficient (Wildman–Crippen LogP) is 3.28. The van der Waals surface area contributed by atoms with Crippen LogP contribution >= 0.6 is 15.9 Å². The summed E-state index contributed by atoms with van der Waals surface area (Å²) in [6, 6.07) is 15.0. The van der Waals surface area contributed by atoms with Crippen LogP contribution in [-0.4, -0.2) is 24.4 Å². The van der Waals surface area contributed by atoms with Gasteiger partial charge < -0.3 is 15.2 Å². The van der Waals surface area contributed by atoms with Gasteiger partial charge >= 0.3 is 0 Å². The van der Waals surface area contributed by atoms with Crippen molar-refractivity contribution in [2.75, 3.05) is 18.5 Å². The second kappa shape index (κ2) is 7.72. The van der Waals surface area contributed by atoms with Crippen LogP contribution in [0.2, 0.25) is 0 Å². The van der Waals surface area contributed by atoms with E-state index in [0.29, 0.717) is 6.54 Å². The summed E-state index contributed by atoms with van der Waals surface area (Å²) >= 11 is 3.37. The molecule has 3 nitrogen and oxygen atoms in total. The highest BCUT2D eigenvalue weighted by Gasteiger charge is 2.05. The number of anilines is 1. The van der Waals surface area contributed by atoms with E-state index in [4.69, 9.17) is 11.2 Å². The highest BCUT2D eigenvalue weighted by molar-refractivity contribution is 9.10. The molecule has 0 heterocycles. The summed E-state index contributed by atoms with van der Waals surface area (Å²) in [5.41, 5.74) is 1.69. The highest BCUT2D eigenvalue weighted by atomic mass is 79.9. The maximum absolute atomic E-state index is 9.93. The molecule has 0 radical (unpaired) electrons. The largest absolute Gasteiger partial charge is 0.491 e.